The predicted molar refractivity (Wildman–Crippen MR) is 86.5 cm³/mol. The van der Waals surface area contributed by atoms with E-state index in [1.165, 1.54) is 10.6 Å². The number of aromatic nitrogens is 1. The number of carbonyl (C=O) groups is 1. The molecule has 1 aromatic rings. The summed E-state index contributed by atoms with van der Waals surface area (Å²) in [6, 6.07) is 2.60. The minimum Gasteiger partial charge on any atom is -0.303 e. The smallest absolute Gasteiger partial charge is 0.252 e. The van der Waals surface area contributed by atoms with Crippen molar-refractivity contribution in [1.29, 1.82) is 0 Å². The van der Waals surface area contributed by atoms with Gasteiger partial charge in [-0.3, -0.25) is 14.5 Å². The molecule has 1 N–H and O–H groups in total. The standard InChI is InChI=1S/C15H22FN3O2S/c1-10(2)5-13(15(21)17-22)19-7-11(3-4-14(19)20)6-18-8-12(16)9-18/h3-4,7,10,12-13,22H,5-6,8-9H2,1-2H3,(H,17,21). The van der Waals surface area contributed by atoms with Crippen LogP contribution in [0.5, 0.6) is 0 Å². The highest BCUT2D eigenvalue weighted by Gasteiger charge is 2.27. The number of pyridine rings is 1. The van der Waals surface area contributed by atoms with Crippen molar-refractivity contribution in [3.05, 3.63) is 34.2 Å². The van der Waals surface area contributed by atoms with Crippen LogP contribution in [0.15, 0.2) is 23.1 Å². The highest BCUT2D eigenvalue weighted by atomic mass is 32.1. The van der Waals surface area contributed by atoms with E-state index >= 15 is 0 Å². The second-order valence-corrected chi connectivity index (χ2v) is 6.42. The largest absolute Gasteiger partial charge is 0.303 e. The number of hydrogen-bond donors (Lipinski definition) is 2. The van der Waals surface area contributed by atoms with Gasteiger partial charge in [0.1, 0.15) is 12.2 Å². The van der Waals surface area contributed by atoms with Gasteiger partial charge >= 0.3 is 0 Å². The highest BCUT2D eigenvalue weighted by molar-refractivity contribution is 7.78. The molecule has 0 radical (unpaired) electrons. The summed E-state index contributed by atoms with van der Waals surface area (Å²) < 4.78 is 16.7. The van der Waals surface area contributed by atoms with E-state index in [2.05, 4.69) is 17.5 Å². The van der Waals surface area contributed by atoms with E-state index in [0.29, 0.717) is 26.1 Å². The third kappa shape index (κ3) is 4.10. The quantitative estimate of drug-likeness (QED) is 0.780. The number of carbonyl (C=O) groups excluding carboxylic acids is 1. The lowest BCUT2D eigenvalue weighted by atomic mass is 10.0. The Bertz CT molecular complexity index is 584. The Kier molecular flexibility index (Phi) is 5.63. The maximum Gasteiger partial charge on any atom is 0.252 e. The van der Waals surface area contributed by atoms with Crippen LogP contribution in [-0.4, -0.2) is 34.6 Å². The van der Waals surface area contributed by atoms with E-state index in [-0.39, 0.29) is 17.4 Å². The first kappa shape index (κ1) is 17.0. The summed E-state index contributed by atoms with van der Waals surface area (Å²) >= 11 is 3.81. The molecule has 0 spiro atoms. The van der Waals surface area contributed by atoms with Crippen LogP contribution in [0.4, 0.5) is 4.39 Å². The number of nitrogens with one attached hydrogen (secondary N) is 1. The molecule has 22 heavy (non-hydrogen) atoms. The van der Waals surface area contributed by atoms with E-state index in [1.54, 1.807) is 12.3 Å². The summed E-state index contributed by atoms with van der Waals surface area (Å²) in [5, 5.41) is 0. The Hall–Kier alpha value is -1.34. The SMILES string of the molecule is CC(C)CC(C(=O)NS)n1cc(CN2CC(F)C2)ccc1=O. The van der Waals surface area contributed by atoms with Gasteiger partial charge in [0, 0.05) is 31.9 Å². The van der Waals surface area contributed by atoms with E-state index < -0.39 is 12.2 Å². The first-order chi connectivity index (χ1) is 10.4. The molecule has 2 heterocycles. The molecule has 1 aromatic heterocycles. The second-order valence-electron chi connectivity index (χ2n) is 6.20. The Labute approximate surface area is 135 Å². The topological polar surface area (TPSA) is 54.3 Å². The summed E-state index contributed by atoms with van der Waals surface area (Å²) in [6.07, 6.45) is 1.49. The maximum absolute atomic E-state index is 12.9. The van der Waals surface area contributed by atoms with Crippen LogP contribution in [0.1, 0.15) is 31.9 Å². The molecule has 1 amide bonds. The molecule has 0 bridgehead atoms. The minimum atomic E-state index is -0.755. The summed E-state index contributed by atoms with van der Waals surface area (Å²) in [4.78, 5) is 26.1. The number of alkyl halides is 1. The molecule has 1 atom stereocenters. The lowest BCUT2D eigenvalue weighted by molar-refractivity contribution is -0.122. The monoisotopic (exact) mass is 327 g/mol. The fourth-order valence-corrected chi connectivity index (χ4v) is 2.80. The Balaban J connectivity index is 2.22. The molecule has 7 heteroatoms. The Morgan fingerprint density at radius 2 is 2.14 bits per heavy atom. The zero-order chi connectivity index (χ0) is 16.3. The van der Waals surface area contributed by atoms with Crippen molar-refractivity contribution in [2.24, 2.45) is 5.92 Å². The zero-order valence-corrected chi connectivity index (χ0v) is 13.7. The fraction of sp³-hybridized carbons (Fsp3) is 0.600. The van der Waals surface area contributed by atoms with Gasteiger partial charge in [-0.05, 0) is 17.9 Å². The van der Waals surface area contributed by atoms with E-state index in [1.807, 2.05) is 18.7 Å². The van der Waals surface area contributed by atoms with Crippen LogP contribution in [0, 0.1) is 5.92 Å². The molecule has 1 unspecified atom stereocenters. The lowest BCUT2D eigenvalue weighted by Crippen LogP contribution is -2.47. The number of halogens is 1. The van der Waals surface area contributed by atoms with Crippen molar-refractivity contribution in [3.8, 4) is 0 Å². The van der Waals surface area contributed by atoms with Crippen LogP contribution in [0.2, 0.25) is 0 Å². The first-order valence-electron chi connectivity index (χ1n) is 7.42. The number of amides is 1. The van der Waals surface area contributed by atoms with Crippen molar-refractivity contribution < 1.29 is 9.18 Å². The van der Waals surface area contributed by atoms with Gasteiger partial charge in [0.05, 0.1) is 0 Å². The number of nitrogens with zero attached hydrogens (tertiary/aromatic N) is 2. The average Bonchev–Trinajstić information content (AvgIpc) is 2.44. The van der Waals surface area contributed by atoms with Crippen LogP contribution < -0.4 is 10.3 Å². The Morgan fingerprint density at radius 1 is 1.45 bits per heavy atom. The molecular formula is C15H22FN3O2S. The second kappa shape index (κ2) is 7.28. The molecule has 1 aliphatic rings. The third-order valence-electron chi connectivity index (χ3n) is 3.76. The molecular weight excluding hydrogens is 305 g/mol. The predicted octanol–water partition coefficient (Wildman–Crippen LogP) is 1.55. The van der Waals surface area contributed by atoms with Gasteiger partial charge in [-0.15, -0.1) is 0 Å². The van der Waals surface area contributed by atoms with Crippen molar-refractivity contribution in [3.63, 3.8) is 0 Å². The lowest BCUT2D eigenvalue weighted by Gasteiger charge is -2.34. The van der Waals surface area contributed by atoms with E-state index in [9.17, 15) is 14.0 Å². The van der Waals surface area contributed by atoms with Crippen molar-refractivity contribution in [2.45, 2.75) is 39.0 Å². The Morgan fingerprint density at radius 3 is 2.68 bits per heavy atom. The molecule has 2 rings (SSSR count). The average molecular weight is 327 g/mol. The maximum atomic E-state index is 12.9. The molecule has 0 aliphatic carbocycles. The summed E-state index contributed by atoms with van der Waals surface area (Å²) in [5.41, 5.74) is 0.672. The first-order valence-corrected chi connectivity index (χ1v) is 7.87. The number of hydrogen-bond acceptors (Lipinski definition) is 4. The van der Waals surface area contributed by atoms with Crippen molar-refractivity contribution >= 4 is 18.7 Å². The molecule has 1 fully saturated rings. The van der Waals surface area contributed by atoms with Crippen molar-refractivity contribution in [2.75, 3.05) is 13.1 Å². The number of likely N-dealkylation sites (tertiary alicyclic amines) is 1. The fourth-order valence-electron chi connectivity index (χ4n) is 2.65. The summed E-state index contributed by atoms with van der Waals surface area (Å²) in [5.74, 6) is -0.0436. The number of rotatable bonds is 6. The minimum absolute atomic E-state index is 0.224. The van der Waals surface area contributed by atoms with Gasteiger partial charge in [0.15, 0.2) is 0 Å². The zero-order valence-electron chi connectivity index (χ0n) is 12.8. The molecule has 1 saturated heterocycles. The highest BCUT2D eigenvalue weighted by Crippen LogP contribution is 2.19. The summed E-state index contributed by atoms with van der Waals surface area (Å²) in [6.45, 7) is 5.42. The van der Waals surface area contributed by atoms with Crippen LogP contribution >= 0.6 is 12.8 Å². The van der Waals surface area contributed by atoms with Gasteiger partial charge in [-0.1, -0.05) is 32.7 Å². The van der Waals surface area contributed by atoms with Gasteiger partial charge in [-0.25, -0.2) is 4.39 Å². The summed E-state index contributed by atoms with van der Waals surface area (Å²) in [7, 11) is 0. The molecule has 122 valence electrons. The van der Waals surface area contributed by atoms with Gasteiger partial charge in [0.25, 0.3) is 11.5 Å². The van der Waals surface area contributed by atoms with Crippen LogP contribution in [0.3, 0.4) is 0 Å². The van der Waals surface area contributed by atoms with Gasteiger partial charge in [-0.2, -0.15) is 0 Å². The van der Waals surface area contributed by atoms with Gasteiger partial charge < -0.3 is 9.29 Å². The number of thiol groups is 1. The van der Waals surface area contributed by atoms with E-state index in [0.717, 1.165) is 5.56 Å². The molecule has 0 aromatic carbocycles. The molecule has 1 aliphatic heterocycles. The molecule has 5 nitrogen and oxygen atoms in total. The van der Waals surface area contributed by atoms with Crippen molar-refractivity contribution in [1.82, 2.24) is 14.2 Å². The van der Waals surface area contributed by atoms with Crippen LogP contribution in [0.25, 0.3) is 0 Å². The normalized spacial score (nSPS) is 17.3. The molecule has 0 saturated carbocycles. The van der Waals surface area contributed by atoms with Crippen LogP contribution in [-0.2, 0) is 11.3 Å². The van der Waals surface area contributed by atoms with Gasteiger partial charge in [0.2, 0.25) is 0 Å². The third-order valence-corrected chi connectivity index (χ3v) is 3.98. The van der Waals surface area contributed by atoms with E-state index in [4.69, 9.17) is 0 Å².